The molecule has 0 spiro atoms. The van der Waals surface area contributed by atoms with E-state index in [9.17, 15) is 4.79 Å². The zero-order valence-corrected chi connectivity index (χ0v) is 13.0. The summed E-state index contributed by atoms with van der Waals surface area (Å²) in [6.07, 6.45) is 1.61. The van der Waals surface area contributed by atoms with Crippen LogP contribution in [0.3, 0.4) is 0 Å². The van der Waals surface area contributed by atoms with Crippen molar-refractivity contribution in [2.45, 2.75) is 20.8 Å². The van der Waals surface area contributed by atoms with Crippen LogP contribution in [0.15, 0.2) is 42.6 Å². The molecule has 1 aromatic heterocycles. The summed E-state index contributed by atoms with van der Waals surface area (Å²) in [4.78, 5) is 16.1. The summed E-state index contributed by atoms with van der Waals surface area (Å²) in [6, 6.07) is 11.0. The lowest BCUT2D eigenvalue weighted by atomic mass is 9.96. The van der Waals surface area contributed by atoms with E-state index in [0.717, 1.165) is 5.69 Å². The molecule has 0 fully saturated rings. The lowest BCUT2D eigenvalue weighted by molar-refractivity contribution is -0.123. The number of rotatable bonds is 3. The smallest absolute Gasteiger partial charge is 0.229 e. The van der Waals surface area contributed by atoms with E-state index >= 15 is 0 Å². The molecule has 2 rings (SSSR count). The summed E-state index contributed by atoms with van der Waals surface area (Å²) < 4.78 is 0. The van der Waals surface area contributed by atoms with Gasteiger partial charge >= 0.3 is 0 Å². The molecule has 2 aromatic rings. The Bertz CT molecular complexity index is 633. The van der Waals surface area contributed by atoms with Crippen molar-refractivity contribution < 1.29 is 4.79 Å². The molecule has 0 saturated carbocycles. The highest BCUT2D eigenvalue weighted by atomic mass is 35.5. The molecule has 4 nitrogen and oxygen atoms in total. The Balaban J connectivity index is 2.06. The van der Waals surface area contributed by atoms with Crippen LogP contribution in [0.4, 0.5) is 17.2 Å². The summed E-state index contributed by atoms with van der Waals surface area (Å²) >= 11 is 6.08. The Hall–Kier alpha value is -2.07. The van der Waals surface area contributed by atoms with Crippen LogP contribution in [0.2, 0.25) is 5.02 Å². The molecule has 0 aliphatic heterocycles. The number of carbonyl (C=O) groups excluding carboxylic acids is 1. The van der Waals surface area contributed by atoms with E-state index in [2.05, 4.69) is 15.6 Å². The second kappa shape index (κ2) is 6.14. The maximum Gasteiger partial charge on any atom is 0.229 e. The van der Waals surface area contributed by atoms with Crippen LogP contribution >= 0.6 is 11.6 Å². The van der Waals surface area contributed by atoms with Crippen molar-refractivity contribution in [3.8, 4) is 0 Å². The van der Waals surface area contributed by atoms with Gasteiger partial charge in [-0.05, 0) is 24.3 Å². The van der Waals surface area contributed by atoms with Gasteiger partial charge in [0.15, 0.2) is 0 Å². The molecule has 110 valence electrons. The van der Waals surface area contributed by atoms with Crippen LogP contribution in [0.5, 0.6) is 0 Å². The van der Waals surface area contributed by atoms with E-state index in [-0.39, 0.29) is 5.91 Å². The van der Waals surface area contributed by atoms with Crippen molar-refractivity contribution in [1.29, 1.82) is 0 Å². The molecule has 0 aliphatic carbocycles. The Labute approximate surface area is 129 Å². The first kappa shape index (κ1) is 15.3. The number of benzene rings is 1. The van der Waals surface area contributed by atoms with Crippen molar-refractivity contribution in [1.82, 2.24) is 4.98 Å². The highest BCUT2D eigenvalue weighted by molar-refractivity contribution is 6.33. The third kappa shape index (κ3) is 4.20. The summed E-state index contributed by atoms with van der Waals surface area (Å²) in [7, 11) is 0. The van der Waals surface area contributed by atoms with Crippen LogP contribution < -0.4 is 10.6 Å². The number of hydrogen-bond donors (Lipinski definition) is 2. The van der Waals surface area contributed by atoms with Crippen LogP contribution in [0.25, 0.3) is 0 Å². The third-order valence-electron chi connectivity index (χ3n) is 2.84. The Kier molecular flexibility index (Phi) is 4.48. The maximum atomic E-state index is 11.9. The average molecular weight is 304 g/mol. The zero-order valence-electron chi connectivity index (χ0n) is 12.3. The minimum absolute atomic E-state index is 0.0453. The molecule has 5 heteroatoms. The van der Waals surface area contributed by atoms with E-state index in [1.807, 2.05) is 45.0 Å². The van der Waals surface area contributed by atoms with Gasteiger partial charge in [-0.15, -0.1) is 0 Å². The molecule has 1 heterocycles. The lowest BCUT2D eigenvalue weighted by Gasteiger charge is -2.17. The molecule has 0 unspecified atom stereocenters. The van der Waals surface area contributed by atoms with Gasteiger partial charge in [0.2, 0.25) is 5.91 Å². The average Bonchev–Trinajstić information content (AvgIpc) is 2.42. The number of pyridine rings is 1. The third-order valence-corrected chi connectivity index (χ3v) is 3.17. The number of aromatic nitrogens is 1. The monoisotopic (exact) mass is 303 g/mol. The van der Waals surface area contributed by atoms with E-state index in [0.29, 0.717) is 16.5 Å². The number of nitrogens with zero attached hydrogens (tertiary/aromatic N) is 1. The number of nitrogens with one attached hydrogen (secondary N) is 2. The Morgan fingerprint density at radius 1 is 1.14 bits per heavy atom. The molecule has 0 bridgehead atoms. The van der Waals surface area contributed by atoms with Gasteiger partial charge in [-0.1, -0.05) is 44.5 Å². The summed E-state index contributed by atoms with van der Waals surface area (Å²) in [5.74, 6) is 0.618. The van der Waals surface area contributed by atoms with Gasteiger partial charge in [0, 0.05) is 5.41 Å². The van der Waals surface area contributed by atoms with Gasteiger partial charge in [0.25, 0.3) is 0 Å². The van der Waals surface area contributed by atoms with Crippen LogP contribution in [0, 0.1) is 5.41 Å². The number of amides is 1. The van der Waals surface area contributed by atoms with Gasteiger partial charge in [0.1, 0.15) is 5.82 Å². The molecule has 1 aromatic carbocycles. The number of anilines is 3. The van der Waals surface area contributed by atoms with E-state index < -0.39 is 5.41 Å². The molecule has 1 amide bonds. The largest absolute Gasteiger partial charge is 0.339 e. The van der Waals surface area contributed by atoms with Crippen molar-refractivity contribution in [2.75, 3.05) is 10.6 Å². The standard InChI is InChI=1S/C16H18ClN3O/c1-16(2,3)15(21)19-11-8-9-14(18-10-11)20-13-7-5-4-6-12(13)17/h4-10H,1-3H3,(H,18,20)(H,19,21). The second-order valence-corrected chi connectivity index (χ2v) is 6.15. The van der Waals surface area contributed by atoms with E-state index in [1.165, 1.54) is 0 Å². The highest BCUT2D eigenvalue weighted by Gasteiger charge is 2.21. The Morgan fingerprint density at radius 3 is 2.43 bits per heavy atom. The molecule has 0 atom stereocenters. The van der Waals surface area contributed by atoms with Gasteiger partial charge in [-0.25, -0.2) is 4.98 Å². The number of halogens is 1. The predicted molar refractivity (Wildman–Crippen MR) is 87.1 cm³/mol. The minimum atomic E-state index is -0.436. The molecular formula is C16H18ClN3O. The van der Waals surface area contributed by atoms with Crippen molar-refractivity contribution >= 4 is 34.7 Å². The second-order valence-electron chi connectivity index (χ2n) is 5.74. The lowest BCUT2D eigenvalue weighted by Crippen LogP contribution is -2.27. The number of para-hydroxylation sites is 1. The highest BCUT2D eigenvalue weighted by Crippen LogP contribution is 2.24. The molecule has 21 heavy (non-hydrogen) atoms. The van der Waals surface area contributed by atoms with Crippen LogP contribution in [-0.2, 0) is 4.79 Å². The fourth-order valence-corrected chi connectivity index (χ4v) is 1.74. The maximum absolute atomic E-state index is 11.9. The minimum Gasteiger partial charge on any atom is -0.339 e. The van der Waals surface area contributed by atoms with Crippen molar-refractivity contribution in [3.63, 3.8) is 0 Å². The predicted octanol–water partition coefficient (Wildman–Crippen LogP) is 4.46. The molecule has 0 saturated heterocycles. The van der Waals surface area contributed by atoms with Gasteiger partial charge in [-0.2, -0.15) is 0 Å². The normalized spacial score (nSPS) is 11.0. The van der Waals surface area contributed by atoms with E-state index in [1.54, 1.807) is 18.3 Å². The van der Waals surface area contributed by atoms with E-state index in [4.69, 9.17) is 11.6 Å². The quantitative estimate of drug-likeness (QED) is 0.880. The summed E-state index contributed by atoms with van der Waals surface area (Å²) in [6.45, 7) is 5.59. The van der Waals surface area contributed by atoms with Crippen molar-refractivity contribution in [2.24, 2.45) is 5.41 Å². The molecule has 0 radical (unpaired) electrons. The van der Waals surface area contributed by atoms with Crippen LogP contribution in [-0.4, -0.2) is 10.9 Å². The fraction of sp³-hybridized carbons (Fsp3) is 0.250. The van der Waals surface area contributed by atoms with Gasteiger partial charge < -0.3 is 10.6 Å². The first-order valence-corrected chi connectivity index (χ1v) is 7.03. The number of carbonyl (C=O) groups is 1. The summed E-state index contributed by atoms with van der Waals surface area (Å²) in [5, 5.41) is 6.59. The first-order chi connectivity index (χ1) is 9.86. The van der Waals surface area contributed by atoms with Gasteiger partial charge in [-0.3, -0.25) is 4.79 Å². The Morgan fingerprint density at radius 2 is 1.86 bits per heavy atom. The molecule has 0 aliphatic rings. The topological polar surface area (TPSA) is 54.0 Å². The SMILES string of the molecule is CC(C)(C)C(=O)Nc1ccc(Nc2ccccc2Cl)nc1. The molecule has 2 N–H and O–H groups in total. The van der Waals surface area contributed by atoms with Crippen LogP contribution in [0.1, 0.15) is 20.8 Å². The first-order valence-electron chi connectivity index (χ1n) is 6.65. The van der Waals surface area contributed by atoms with Gasteiger partial charge in [0.05, 0.1) is 22.6 Å². The zero-order chi connectivity index (χ0) is 15.5. The molecular weight excluding hydrogens is 286 g/mol. The number of hydrogen-bond acceptors (Lipinski definition) is 3. The summed E-state index contributed by atoms with van der Waals surface area (Å²) in [5.41, 5.74) is 1.02. The fourth-order valence-electron chi connectivity index (χ4n) is 1.56. The van der Waals surface area contributed by atoms with Crippen molar-refractivity contribution in [3.05, 3.63) is 47.6 Å².